The second-order valence-electron chi connectivity index (χ2n) is 8.34. The minimum atomic E-state index is -0.00622. The molecule has 27 heavy (non-hydrogen) atoms. The van der Waals surface area contributed by atoms with Crippen molar-refractivity contribution in [3.63, 3.8) is 0 Å². The number of unbranched alkanes of at least 4 members (excludes halogenated alkanes) is 4. The van der Waals surface area contributed by atoms with Crippen LogP contribution in [0.1, 0.15) is 82.3 Å². The van der Waals surface area contributed by atoms with Gasteiger partial charge in [-0.1, -0.05) is 82.6 Å². The molecule has 1 aliphatic rings. The van der Waals surface area contributed by atoms with Crippen molar-refractivity contribution < 1.29 is 10.2 Å². The first-order valence-corrected chi connectivity index (χ1v) is 10.7. The van der Waals surface area contributed by atoms with Gasteiger partial charge in [-0.25, -0.2) is 0 Å². The van der Waals surface area contributed by atoms with Gasteiger partial charge in [0.15, 0.2) is 0 Å². The Morgan fingerprint density at radius 3 is 1.93 bits per heavy atom. The third-order valence-electron chi connectivity index (χ3n) is 6.41. The lowest BCUT2D eigenvalue weighted by Crippen LogP contribution is -2.34. The van der Waals surface area contributed by atoms with Crippen molar-refractivity contribution in [2.24, 2.45) is 5.92 Å². The van der Waals surface area contributed by atoms with Crippen LogP contribution in [0.15, 0.2) is 48.5 Å². The monoisotopic (exact) mass is 366 g/mol. The Labute approximate surface area is 164 Å². The molecule has 0 bridgehead atoms. The van der Waals surface area contributed by atoms with Gasteiger partial charge in [-0.15, -0.1) is 0 Å². The van der Waals surface area contributed by atoms with Gasteiger partial charge in [-0.2, -0.15) is 0 Å². The van der Waals surface area contributed by atoms with E-state index < -0.39 is 0 Å². The van der Waals surface area contributed by atoms with Crippen molar-refractivity contribution in [2.45, 2.75) is 76.5 Å². The van der Waals surface area contributed by atoms with Crippen LogP contribution in [0.4, 0.5) is 0 Å². The fourth-order valence-corrected chi connectivity index (χ4v) is 4.92. The van der Waals surface area contributed by atoms with Crippen LogP contribution in [0.3, 0.4) is 0 Å². The Bertz CT molecular complexity index is 642. The lowest BCUT2D eigenvalue weighted by molar-refractivity contribution is 0.240. The summed E-state index contributed by atoms with van der Waals surface area (Å²) in [6.45, 7) is 2.27. The smallest absolute Gasteiger partial charge is 0.115 e. The van der Waals surface area contributed by atoms with Gasteiger partial charge in [0, 0.05) is 5.41 Å². The maximum atomic E-state index is 9.75. The van der Waals surface area contributed by atoms with Crippen LogP contribution < -0.4 is 0 Å². The summed E-state index contributed by atoms with van der Waals surface area (Å²) in [6, 6.07) is 15.6. The second kappa shape index (κ2) is 9.30. The maximum Gasteiger partial charge on any atom is 0.115 e. The van der Waals surface area contributed by atoms with E-state index in [-0.39, 0.29) is 5.41 Å². The highest BCUT2D eigenvalue weighted by atomic mass is 16.3. The molecule has 0 aromatic heterocycles. The molecular weight excluding hydrogens is 332 g/mol. The molecular formula is C25H34O2. The average Bonchev–Trinajstić information content (AvgIpc) is 2.69. The number of rotatable bonds is 8. The standard InChI is InChI=1S/C25H34O2/c1-2-3-4-5-6-8-20-9-7-18-25(19-20,21-10-14-23(26)15-11-21)22-12-16-24(27)17-13-22/h10-17,20,26-27H,2-9,18-19H2,1H3. The fraction of sp³-hybridized carbons (Fsp3) is 0.520. The van der Waals surface area contributed by atoms with E-state index in [1.807, 2.05) is 24.3 Å². The van der Waals surface area contributed by atoms with E-state index in [4.69, 9.17) is 0 Å². The van der Waals surface area contributed by atoms with E-state index >= 15 is 0 Å². The lowest BCUT2D eigenvalue weighted by Gasteiger charge is -2.42. The Kier molecular flexibility index (Phi) is 6.82. The second-order valence-corrected chi connectivity index (χ2v) is 8.34. The number of phenols is 2. The molecule has 2 nitrogen and oxygen atoms in total. The molecule has 1 saturated carbocycles. The van der Waals surface area contributed by atoms with Gasteiger partial charge in [0.1, 0.15) is 11.5 Å². The van der Waals surface area contributed by atoms with Gasteiger partial charge >= 0.3 is 0 Å². The third-order valence-corrected chi connectivity index (χ3v) is 6.41. The highest BCUT2D eigenvalue weighted by Crippen LogP contribution is 2.48. The Hall–Kier alpha value is -1.96. The molecule has 1 fully saturated rings. The predicted octanol–water partition coefficient (Wildman–Crippen LogP) is 6.93. The summed E-state index contributed by atoms with van der Waals surface area (Å²) in [6.07, 6.45) is 12.9. The van der Waals surface area contributed by atoms with Crippen molar-refractivity contribution in [3.05, 3.63) is 59.7 Å². The summed E-state index contributed by atoms with van der Waals surface area (Å²) in [5.41, 5.74) is 2.58. The number of benzene rings is 2. The van der Waals surface area contributed by atoms with Gasteiger partial charge in [-0.3, -0.25) is 0 Å². The predicted molar refractivity (Wildman–Crippen MR) is 112 cm³/mol. The van der Waals surface area contributed by atoms with Crippen molar-refractivity contribution in [3.8, 4) is 11.5 Å². The molecule has 1 aliphatic carbocycles. The molecule has 0 aliphatic heterocycles. The van der Waals surface area contributed by atoms with Gasteiger partial charge in [-0.05, 0) is 54.2 Å². The summed E-state index contributed by atoms with van der Waals surface area (Å²) in [7, 11) is 0. The summed E-state index contributed by atoms with van der Waals surface area (Å²) in [5.74, 6) is 1.40. The molecule has 0 amide bonds. The number of hydrogen-bond acceptors (Lipinski definition) is 2. The minimum absolute atomic E-state index is 0.00622. The Morgan fingerprint density at radius 2 is 1.37 bits per heavy atom. The lowest BCUT2D eigenvalue weighted by atomic mass is 9.61. The van der Waals surface area contributed by atoms with Crippen LogP contribution in [0, 0.1) is 5.92 Å². The van der Waals surface area contributed by atoms with Crippen LogP contribution in [-0.4, -0.2) is 10.2 Å². The Balaban J connectivity index is 1.81. The zero-order valence-corrected chi connectivity index (χ0v) is 16.7. The minimum Gasteiger partial charge on any atom is -0.508 e. The first-order valence-electron chi connectivity index (χ1n) is 10.7. The summed E-state index contributed by atoms with van der Waals surface area (Å²) < 4.78 is 0. The SMILES string of the molecule is CCCCCCCC1CCCC(c2ccc(O)cc2)(c2ccc(O)cc2)C1. The molecule has 0 saturated heterocycles. The Morgan fingerprint density at radius 1 is 0.815 bits per heavy atom. The molecule has 1 unspecified atom stereocenters. The van der Waals surface area contributed by atoms with Crippen molar-refractivity contribution in [1.82, 2.24) is 0 Å². The molecule has 2 aromatic carbocycles. The first-order chi connectivity index (χ1) is 13.1. The normalized spacial score (nSPS) is 19.1. The van der Waals surface area contributed by atoms with Crippen LogP contribution >= 0.6 is 0 Å². The highest BCUT2D eigenvalue weighted by Gasteiger charge is 2.39. The largest absolute Gasteiger partial charge is 0.508 e. The molecule has 146 valence electrons. The number of hydrogen-bond donors (Lipinski definition) is 2. The van der Waals surface area contributed by atoms with Crippen LogP contribution in [-0.2, 0) is 5.41 Å². The molecule has 0 radical (unpaired) electrons. The maximum absolute atomic E-state index is 9.75. The third kappa shape index (κ3) is 4.86. The number of aromatic hydroxyl groups is 2. The summed E-state index contributed by atoms with van der Waals surface area (Å²) in [5, 5.41) is 19.5. The molecule has 2 aromatic rings. The fourth-order valence-electron chi connectivity index (χ4n) is 4.92. The van der Waals surface area contributed by atoms with Gasteiger partial charge in [0.05, 0.1) is 0 Å². The van der Waals surface area contributed by atoms with Crippen LogP contribution in [0.2, 0.25) is 0 Å². The van der Waals surface area contributed by atoms with Crippen molar-refractivity contribution in [2.75, 3.05) is 0 Å². The molecule has 1 atom stereocenters. The van der Waals surface area contributed by atoms with Crippen molar-refractivity contribution >= 4 is 0 Å². The zero-order chi connectivity index (χ0) is 19.1. The van der Waals surface area contributed by atoms with Gasteiger partial charge < -0.3 is 10.2 Å². The number of phenolic OH excluding ortho intramolecular Hbond substituents is 2. The topological polar surface area (TPSA) is 40.5 Å². The van der Waals surface area contributed by atoms with E-state index in [0.29, 0.717) is 11.5 Å². The highest BCUT2D eigenvalue weighted by molar-refractivity contribution is 5.43. The van der Waals surface area contributed by atoms with E-state index in [2.05, 4.69) is 31.2 Å². The first kappa shape index (κ1) is 19.8. The van der Waals surface area contributed by atoms with E-state index in [0.717, 1.165) is 18.8 Å². The summed E-state index contributed by atoms with van der Waals surface area (Å²) >= 11 is 0. The van der Waals surface area contributed by atoms with E-state index in [1.54, 1.807) is 0 Å². The molecule has 0 spiro atoms. The van der Waals surface area contributed by atoms with Gasteiger partial charge in [0.2, 0.25) is 0 Å². The van der Waals surface area contributed by atoms with Crippen LogP contribution in [0.25, 0.3) is 0 Å². The van der Waals surface area contributed by atoms with Gasteiger partial charge in [0.25, 0.3) is 0 Å². The molecule has 2 N–H and O–H groups in total. The van der Waals surface area contributed by atoms with E-state index in [9.17, 15) is 10.2 Å². The average molecular weight is 367 g/mol. The van der Waals surface area contributed by atoms with Crippen molar-refractivity contribution in [1.29, 1.82) is 0 Å². The quantitative estimate of drug-likeness (QED) is 0.497. The zero-order valence-electron chi connectivity index (χ0n) is 16.7. The van der Waals surface area contributed by atoms with E-state index in [1.165, 1.54) is 62.5 Å². The molecule has 2 heteroatoms. The van der Waals surface area contributed by atoms with Crippen LogP contribution in [0.5, 0.6) is 11.5 Å². The molecule has 0 heterocycles. The summed E-state index contributed by atoms with van der Waals surface area (Å²) in [4.78, 5) is 0. The molecule has 3 rings (SSSR count).